The molecular weight excluding hydrogens is 326 g/mol. The summed E-state index contributed by atoms with van der Waals surface area (Å²) in [5.41, 5.74) is 2.75. The molecule has 0 aliphatic rings. The molecule has 0 aliphatic carbocycles. The third kappa shape index (κ3) is 3.82. The van der Waals surface area contributed by atoms with Gasteiger partial charge in [-0.3, -0.25) is 4.79 Å². The highest BCUT2D eigenvalue weighted by molar-refractivity contribution is 9.08. The molecule has 4 heteroatoms. The Kier molecular flexibility index (Phi) is 5.00. The van der Waals surface area contributed by atoms with Crippen LogP contribution in [0.5, 0.6) is 0 Å². The minimum atomic E-state index is -0.158. The zero-order chi connectivity index (χ0) is 13.7. The molecule has 0 saturated heterocycles. The fraction of sp³-hybridized carbons (Fsp3) is 0.133. The molecule has 0 aliphatic heterocycles. The van der Waals surface area contributed by atoms with E-state index >= 15 is 0 Å². The molecule has 0 radical (unpaired) electrons. The molecule has 0 aromatic heterocycles. The molecule has 0 bridgehead atoms. The van der Waals surface area contributed by atoms with Crippen LogP contribution < -0.4 is 5.32 Å². The van der Waals surface area contributed by atoms with Crippen molar-refractivity contribution < 1.29 is 4.79 Å². The van der Waals surface area contributed by atoms with E-state index in [2.05, 4.69) is 27.3 Å². The molecule has 1 N–H and O–H groups in total. The first kappa shape index (κ1) is 14.1. The number of carbonyl (C=O) groups excluding carboxylic acids is 1. The average molecular weight is 339 g/mol. The SMILES string of the molecule is O=C(NCc1cccc(CBr)c1)c1ccccc1Cl. The molecule has 0 heterocycles. The van der Waals surface area contributed by atoms with Crippen molar-refractivity contribution in [2.24, 2.45) is 0 Å². The number of hydrogen-bond acceptors (Lipinski definition) is 1. The van der Waals surface area contributed by atoms with E-state index in [1.165, 1.54) is 5.56 Å². The maximum atomic E-state index is 12.0. The topological polar surface area (TPSA) is 29.1 Å². The molecule has 0 fully saturated rings. The number of carbonyl (C=O) groups is 1. The Balaban J connectivity index is 2.02. The Morgan fingerprint density at radius 1 is 1.11 bits per heavy atom. The predicted molar refractivity (Wildman–Crippen MR) is 81.7 cm³/mol. The van der Waals surface area contributed by atoms with E-state index in [0.29, 0.717) is 17.1 Å². The molecule has 2 aromatic rings. The lowest BCUT2D eigenvalue weighted by Gasteiger charge is -2.07. The molecule has 0 saturated carbocycles. The van der Waals surface area contributed by atoms with Crippen LogP contribution in [0.4, 0.5) is 0 Å². The highest BCUT2D eigenvalue weighted by atomic mass is 79.9. The van der Waals surface area contributed by atoms with Crippen molar-refractivity contribution in [1.29, 1.82) is 0 Å². The Bertz CT molecular complexity index is 586. The number of halogens is 2. The third-order valence-electron chi connectivity index (χ3n) is 2.72. The Morgan fingerprint density at radius 2 is 1.84 bits per heavy atom. The Labute approximate surface area is 125 Å². The minimum absolute atomic E-state index is 0.158. The van der Waals surface area contributed by atoms with Gasteiger partial charge in [-0.2, -0.15) is 0 Å². The zero-order valence-electron chi connectivity index (χ0n) is 10.2. The van der Waals surface area contributed by atoms with Gasteiger partial charge in [0.1, 0.15) is 0 Å². The Hall–Kier alpha value is -1.32. The number of rotatable bonds is 4. The lowest BCUT2D eigenvalue weighted by Crippen LogP contribution is -2.23. The first-order valence-corrected chi connectivity index (χ1v) is 7.37. The molecule has 0 unspecified atom stereocenters. The summed E-state index contributed by atoms with van der Waals surface area (Å²) in [7, 11) is 0. The van der Waals surface area contributed by atoms with Crippen LogP contribution in [0.1, 0.15) is 21.5 Å². The Morgan fingerprint density at radius 3 is 2.58 bits per heavy atom. The van der Waals surface area contributed by atoms with Crippen LogP contribution in [0.15, 0.2) is 48.5 Å². The summed E-state index contributed by atoms with van der Waals surface area (Å²) in [6.07, 6.45) is 0. The van der Waals surface area contributed by atoms with Crippen LogP contribution in [0.25, 0.3) is 0 Å². The van der Waals surface area contributed by atoms with Gasteiger partial charge >= 0.3 is 0 Å². The van der Waals surface area contributed by atoms with Crippen LogP contribution >= 0.6 is 27.5 Å². The van der Waals surface area contributed by atoms with Crippen LogP contribution in [0.2, 0.25) is 5.02 Å². The summed E-state index contributed by atoms with van der Waals surface area (Å²) < 4.78 is 0. The number of amides is 1. The highest BCUT2D eigenvalue weighted by Crippen LogP contribution is 2.15. The van der Waals surface area contributed by atoms with Crippen molar-refractivity contribution in [2.45, 2.75) is 11.9 Å². The molecule has 0 spiro atoms. The van der Waals surface area contributed by atoms with Crippen LogP contribution in [0, 0.1) is 0 Å². The first-order valence-electron chi connectivity index (χ1n) is 5.87. The number of nitrogens with one attached hydrogen (secondary N) is 1. The molecule has 2 aromatic carbocycles. The fourth-order valence-electron chi connectivity index (χ4n) is 1.75. The van der Waals surface area contributed by atoms with E-state index in [1.54, 1.807) is 24.3 Å². The molecule has 19 heavy (non-hydrogen) atoms. The summed E-state index contributed by atoms with van der Waals surface area (Å²) in [5, 5.41) is 4.14. The third-order valence-corrected chi connectivity index (χ3v) is 3.69. The van der Waals surface area contributed by atoms with Gasteiger partial charge in [0.2, 0.25) is 0 Å². The van der Waals surface area contributed by atoms with Crippen molar-refractivity contribution in [3.63, 3.8) is 0 Å². The largest absolute Gasteiger partial charge is 0.348 e. The summed E-state index contributed by atoms with van der Waals surface area (Å²) in [4.78, 5) is 12.0. The smallest absolute Gasteiger partial charge is 0.253 e. The van der Waals surface area contributed by atoms with Crippen LogP contribution in [-0.4, -0.2) is 5.91 Å². The van der Waals surface area contributed by atoms with Gasteiger partial charge in [-0.1, -0.05) is 63.9 Å². The summed E-state index contributed by atoms with van der Waals surface area (Å²) in [6.45, 7) is 0.491. The summed E-state index contributed by atoms with van der Waals surface area (Å²) >= 11 is 9.39. The maximum Gasteiger partial charge on any atom is 0.253 e. The van der Waals surface area contributed by atoms with E-state index in [1.807, 2.05) is 18.2 Å². The van der Waals surface area contributed by atoms with E-state index in [9.17, 15) is 4.79 Å². The molecule has 98 valence electrons. The van der Waals surface area contributed by atoms with Crippen molar-refractivity contribution >= 4 is 33.4 Å². The maximum absolute atomic E-state index is 12.0. The molecule has 0 atom stereocenters. The van der Waals surface area contributed by atoms with E-state index < -0.39 is 0 Å². The quantitative estimate of drug-likeness (QED) is 0.833. The fourth-order valence-corrected chi connectivity index (χ4v) is 2.32. The number of hydrogen-bond donors (Lipinski definition) is 1. The van der Waals surface area contributed by atoms with Gasteiger partial charge in [-0.25, -0.2) is 0 Å². The monoisotopic (exact) mass is 337 g/mol. The molecular formula is C15H13BrClNO. The molecule has 2 nitrogen and oxygen atoms in total. The summed E-state index contributed by atoms with van der Waals surface area (Å²) in [5.74, 6) is -0.158. The lowest BCUT2D eigenvalue weighted by atomic mass is 10.1. The second-order valence-electron chi connectivity index (χ2n) is 4.12. The minimum Gasteiger partial charge on any atom is -0.348 e. The average Bonchev–Trinajstić information content (AvgIpc) is 2.45. The van der Waals surface area contributed by atoms with Gasteiger partial charge in [-0.05, 0) is 23.3 Å². The number of alkyl halides is 1. The van der Waals surface area contributed by atoms with Gasteiger partial charge in [0.15, 0.2) is 0 Å². The van der Waals surface area contributed by atoms with Crippen LogP contribution in [0.3, 0.4) is 0 Å². The van der Waals surface area contributed by atoms with Gasteiger partial charge in [0.05, 0.1) is 10.6 Å². The summed E-state index contributed by atoms with van der Waals surface area (Å²) in [6, 6.07) is 15.1. The second kappa shape index (κ2) is 6.73. The standard InChI is InChI=1S/C15H13BrClNO/c16-9-11-4-3-5-12(8-11)10-18-15(19)13-6-1-2-7-14(13)17/h1-8H,9-10H2,(H,18,19). The van der Waals surface area contributed by atoms with Gasteiger partial charge < -0.3 is 5.32 Å². The lowest BCUT2D eigenvalue weighted by molar-refractivity contribution is 0.0951. The van der Waals surface area contributed by atoms with E-state index in [0.717, 1.165) is 10.9 Å². The van der Waals surface area contributed by atoms with Crippen molar-refractivity contribution in [3.8, 4) is 0 Å². The molecule has 1 amide bonds. The number of benzene rings is 2. The van der Waals surface area contributed by atoms with Crippen LogP contribution in [-0.2, 0) is 11.9 Å². The molecule has 2 rings (SSSR count). The van der Waals surface area contributed by atoms with Crippen molar-refractivity contribution in [3.05, 3.63) is 70.2 Å². The van der Waals surface area contributed by atoms with E-state index in [-0.39, 0.29) is 5.91 Å². The van der Waals surface area contributed by atoms with Crippen molar-refractivity contribution in [2.75, 3.05) is 0 Å². The zero-order valence-corrected chi connectivity index (χ0v) is 12.5. The highest BCUT2D eigenvalue weighted by Gasteiger charge is 2.08. The van der Waals surface area contributed by atoms with Crippen molar-refractivity contribution in [1.82, 2.24) is 5.32 Å². The van der Waals surface area contributed by atoms with Gasteiger partial charge in [-0.15, -0.1) is 0 Å². The van der Waals surface area contributed by atoms with Gasteiger partial charge in [0, 0.05) is 11.9 Å². The second-order valence-corrected chi connectivity index (χ2v) is 5.08. The van der Waals surface area contributed by atoms with E-state index in [4.69, 9.17) is 11.6 Å². The predicted octanol–water partition coefficient (Wildman–Crippen LogP) is 4.16. The normalized spacial score (nSPS) is 10.2. The van der Waals surface area contributed by atoms with Gasteiger partial charge in [0.25, 0.3) is 5.91 Å². The first-order chi connectivity index (χ1) is 9.20.